The van der Waals surface area contributed by atoms with Crippen molar-refractivity contribution < 1.29 is 0 Å². The summed E-state index contributed by atoms with van der Waals surface area (Å²) in [4.78, 5) is 4.36. The van der Waals surface area contributed by atoms with Crippen LogP contribution in [-0.2, 0) is 13.0 Å². The molecule has 0 atom stereocenters. The van der Waals surface area contributed by atoms with Crippen LogP contribution in [0.2, 0.25) is 0 Å². The molecule has 1 aromatic heterocycles. The van der Waals surface area contributed by atoms with Gasteiger partial charge in [-0.2, -0.15) is 0 Å². The van der Waals surface area contributed by atoms with Gasteiger partial charge in [0.2, 0.25) is 0 Å². The van der Waals surface area contributed by atoms with E-state index in [-0.39, 0.29) is 0 Å². The first kappa shape index (κ1) is 10.4. The molecule has 3 heteroatoms. The standard InChI is InChI=1S/C12H13BrN2/c1-2-15-8-7-14-12(15)9-10-3-5-11(13)6-4-10/h3-8H,2,9H2,1H3. The van der Waals surface area contributed by atoms with Crippen molar-refractivity contribution in [3.05, 3.63) is 52.5 Å². The average molecular weight is 265 g/mol. The lowest BCUT2D eigenvalue weighted by atomic mass is 10.1. The van der Waals surface area contributed by atoms with Gasteiger partial charge in [-0.1, -0.05) is 28.1 Å². The van der Waals surface area contributed by atoms with Crippen molar-refractivity contribution in [3.8, 4) is 0 Å². The van der Waals surface area contributed by atoms with Gasteiger partial charge in [0.1, 0.15) is 5.82 Å². The van der Waals surface area contributed by atoms with E-state index in [4.69, 9.17) is 0 Å². The van der Waals surface area contributed by atoms with E-state index in [0.717, 1.165) is 23.3 Å². The van der Waals surface area contributed by atoms with Crippen LogP contribution in [0.3, 0.4) is 0 Å². The third-order valence-corrected chi connectivity index (χ3v) is 2.95. The maximum atomic E-state index is 4.36. The van der Waals surface area contributed by atoms with E-state index in [1.807, 2.05) is 12.4 Å². The second-order valence-electron chi connectivity index (χ2n) is 3.43. The van der Waals surface area contributed by atoms with E-state index in [1.54, 1.807) is 0 Å². The monoisotopic (exact) mass is 264 g/mol. The van der Waals surface area contributed by atoms with Crippen molar-refractivity contribution in [2.45, 2.75) is 19.9 Å². The number of imidazole rings is 1. The highest BCUT2D eigenvalue weighted by atomic mass is 79.9. The molecule has 0 spiro atoms. The van der Waals surface area contributed by atoms with Crippen LogP contribution >= 0.6 is 15.9 Å². The molecule has 0 saturated heterocycles. The number of aryl methyl sites for hydroxylation is 1. The molecule has 0 saturated carbocycles. The third kappa shape index (κ3) is 2.48. The lowest BCUT2D eigenvalue weighted by Crippen LogP contribution is -2.01. The number of hydrogen-bond acceptors (Lipinski definition) is 1. The van der Waals surface area contributed by atoms with Gasteiger partial charge in [-0.05, 0) is 24.6 Å². The van der Waals surface area contributed by atoms with Gasteiger partial charge in [0, 0.05) is 29.8 Å². The highest BCUT2D eigenvalue weighted by Gasteiger charge is 2.02. The van der Waals surface area contributed by atoms with Crippen LogP contribution in [0.1, 0.15) is 18.3 Å². The molecule has 0 aliphatic rings. The molecular weight excluding hydrogens is 252 g/mol. The molecule has 1 heterocycles. The molecule has 0 radical (unpaired) electrons. The molecule has 0 N–H and O–H groups in total. The molecule has 1 aromatic carbocycles. The molecule has 0 fully saturated rings. The normalized spacial score (nSPS) is 10.5. The molecule has 0 aliphatic carbocycles. The van der Waals surface area contributed by atoms with Gasteiger partial charge in [-0.15, -0.1) is 0 Å². The molecular formula is C12H13BrN2. The first-order chi connectivity index (χ1) is 7.29. The Labute approximate surface area is 98.1 Å². The van der Waals surface area contributed by atoms with Crippen LogP contribution in [-0.4, -0.2) is 9.55 Å². The number of aromatic nitrogens is 2. The van der Waals surface area contributed by atoms with Crippen molar-refractivity contribution in [3.63, 3.8) is 0 Å². The van der Waals surface area contributed by atoms with Crippen molar-refractivity contribution in [2.24, 2.45) is 0 Å². The second kappa shape index (κ2) is 4.62. The fraction of sp³-hybridized carbons (Fsp3) is 0.250. The van der Waals surface area contributed by atoms with Crippen LogP contribution in [0.15, 0.2) is 41.1 Å². The third-order valence-electron chi connectivity index (χ3n) is 2.42. The molecule has 78 valence electrons. The second-order valence-corrected chi connectivity index (χ2v) is 4.35. The summed E-state index contributed by atoms with van der Waals surface area (Å²) in [7, 11) is 0. The number of halogens is 1. The Kier molecular flexibility index (Phi) is 3.21. The van der Waals surface area contributed by atoms with Crippen molar-refractivity contribution in [1.82, 2.24) is 9.55 Å². The van der Waals surface area contributed by atoms with Crippen molar-refractivity contribution in [1.29, 1.82) is 0 Å². The molecule has 0 amide bonds. The summed E-state index contributed by atoms with van der Waals surface area (Å²) in [5.41, 5.74) is 1.29. The lowest BCUT2D eigenvalue weighted by molar-refractivity contribution is 0.712. The van der Waals surface area contributed by atoms with E-state index in [2.05, 4.69) is 56.7 Å². The Morgan fingerprint density at radius 1 is 1.27 bits per heavy atom. The van der Waals surface area contributed by atoms with E-state index in [0.29, 0.717) is 0 Å². The maximum absolute atomic E-state index is 4.36. The first-order valence-electron chi connectivity index (χ1n) is 5.04. The summed E-state index contributed by atoms with van der Waals surface area (Å²) >= 11 is 3.43. The SMILES string of the molecule is CCn1ccnc1Cc1ccc(Br)cc1. The molecule has 0 bridgehead atoms. The minimum atomic E-state index is 0.897. The summed E-state index contributed by atoms with van der Waals surface area (Å²) in [6.45, 7) is 3.11. The zero-order valence-electron chi connectivity index (χ0n) is 8.65. The fourth-order valence-corrected chi connectivity index (χ4v) is 1.84. The first-order valence-corrected chi connectivity index (χ1v) is 5.83. The van der Waals surface area contributed by atoms with Gasteiger partial charge < -0.3 is 4.57 Å². The van der Waals surface area contributed by atoms with E-state index in [9.17, 15) is 0 Å². The predicted octanol–water partition coefficient (Wildman–Crippen LogP) is 3.26. The fourth-order valence-electron chi connectivity index (χ4n) is 1.58. The Morgan fingerprint density at radius 2 is 2.00 bits per heavy atom. The Hall–Kier alpha value is -1.09. The summed E-state index contributed by atoms with van der Waals surface area (Å²) < 4.78 is 3.28. The van der Waals surface area contributed by atoms with Gasteiger partial charge in [0.05, 0.1) is 0 Å². The predicted molar refractivity (Wildman–Crippen MR) is 64.8 cm³/mol. The number of benzene rings is 1. The van der Waals surface area contributed by atoms with Crippen LogP contribution in [0.4, 0.5) is 0 Å². The lowest BCUT2D eigenvalue weighted by Gasteiger charge is -2.04. The number of rotatable bonds is 3. The van der Waals surface area contributed by atoms with Gasteiger partial charge in [0.15, 0.2) is 0 Å². The summed E-state index contributed by atoms with van der Waals surface area (Å²) in [6.07, 6.45) is 4.78. The summed E-state index contributed by atoms with van der Waals surface area (Å²) in [6, 6.07) is 8.38. The van der Waals surface area contributed by atoms with Crippen LogP contribution in [0.25, 0.3) is 0 Å². The number of hydrogen-bond donors (Lipinski definition) is 0. The van der Waals surface area contributed by atoms with Crippen LogP contribution in [0.5, 0.6) is 0 Å². The van der Waals surface area contributed by atoms with E-state index < -0.39 is 0 Å². The zero-order valence-corrected chi connectivity index (χ0v) is 10.2. The van der Waals surface area contributed by atoms with Gasteiger partial charge in [0.25, 0.3) is 0 Å². The van der Waals surface area contributed by atoms with E-state index >= 15 is 0 Å². The van der Waals surface area contributed by atoms with E-state index in [1.165, 1.54) is 5.56 Å². The molecule has 0 unspecified atom stereocenters. The largest absolute Gasteiger partial charge is 0.335 e. The number of nitrogens with zero attached hydrogens (tertiary/aromatic N) is 2. The molecule has 2 rings (SSSR count). The summed E-state index contributed by atoms with van der Waals surface area (Å²) in [5, 5.41) is 0. The molecule has 0 aliphatic heterocycles. The molecule has 15 heavy (non-hydrogen) atoms. The van der Waals surface area contributed by atoms with Gasteiger partial charge in [-0.25, -0.2) is 4.98 Å². The maximum Gasteiger partial charge on any atom is 0.113 e. The van der Waals surface area contributed by atoms with Gasteiger partial charge >= 0.3 is 0 Å². The Bertz CT molecular complexity index is 431. The van der Waals surface area contributed by atoms with Crippen LogP contribution in [0, 0.1) is 0 Å². The Morgan fingerprint density at radius 3 is 2.67 bits per heavy atom. The van der Waals surface area contributed by atoms with Crippen LogP contribution < -0.4 is 0 Å². The van der Waals surface area contributed by atoms with Gasteiger partial charge in [-0.3, -0.25) is 0 Å². The average Bonchev–Trinajstić information content (AvgIpc) is 2.69. The van der Waals surface area contributed by atoms with Crippen molar-refractivity contribution >= 4 is 15.9 Å². The quantitative estimate of drug-likeness (QED) is 0.832. The topological polar surface area (TPSA) is 17.8 Å². The minimum absolute atomic E-state index is 0.897. The smallest absolute Gasteiger partial charge is 0.113 e. The molecule has 2 nitrogen and oxygen atoms in total. The molecule has 2 aromatic rings. The Balaban J connectivity index is 2.18. The van der Waals surface area contributed by atoms with Crippen molar-refractivity contribution in [2.75, 3.05) is 0 Å². The minimum Gasteiger partial charge on any atom is -0.335 e. The summed E-state index contributed by atoms with van der Waals surface area (Å²) in [5.74, 6) is 1.12. The highest BCUT2D eigenvalue weighted by molar-refractivity contribution is 9.10. The highest BCUT2D eigenvalue weighted by Crippen LogP contribution is 2.13. The zero-order chi connectivity index (χ0) is 10.7.